The lowest BCUT2D eigenvalue weighted by molar-refractivity contribution is 0.0179. The molecular weight excluding hydrogens is 382 g/mol. The summed E-state index contributed by atoms with van der Waals surface area (Å²) in [7, 11) is 0. The molecule has 1 aromatic carbocycles. The molecule has 30 heavy (non-hydrogen) atoms. The third-order valence-corrected chi connectivity index (χ3v) is 5.05. The minimum atomic E-state index is -0.447. The summed E-state index contributed by atoms with van der Waals surface area (Å²) in [5.74, 6) is 1.50. The first-order valence-corrected chi connectivity index (χ1v) is 10.9. The second-order valence-electron chi connectivity index (χ2n) is 8.66. The fourth-order valence-corrected chi connectivity index (χ4v) is 3.56. The molecule has 1 amide bonds. The van der Waals surface area contributed by atoms with Crippen molar-refractivity contribution in [3.8, 4) is 11.8 Å². The standard InChI is InChI=1S/C23H33N3O4/c1-5-28-20-21(25-19-11-7-6-10-18(19)24-20)29-16-8-9-17-12-14-26(15-13-17)22(27)30-23(2,3)4/h6-7,10-11,17H,5,8-9,12-16H2,1-4H3. The maximum atomic E-state index is 12.2. The summed E-state index contributed by atoms with van der Waals surface area (Å²) in [6, 6.07) is 7.70. The van der Waals surface area contributed by atoms with Gasteiger partial charge >= 0.3 is 6.09 Å². The molecule has 0 radical (unpaired) electrons. The van der Waals surface area contributed by atoms with Crippen molar-refractivity contribution in [2.45, 2.75) is 59.0 Å². The van der Waals surface area contributed by atoms with E-state index in [1.165, 1.54) is 0 Å². The van der Waals surface area contributed by atoms with E-state index in [0.29, 0.717) is 30.9 Å². The highest BCUT2D eigenvalue weighted by molar-refractivity contribution is 5.75. The second kappa shape index (κ2) is 9.96. The van der Waals surface area contributed by atoms with Crippen LogP contribution in [-0.2, 0) is 4.74 Å². The topological polar surface area (TPSA) is 73.8 Å². The molecule has 0 atom stereocenters. The zero-order valence-corrected chi connectivity index (χ0v) is 18.5. The monoisotopic (exact) mass is 415 g/mol. The number of carbonyl (C=O) groups is 1. The molecule has 7 nitrogen and oxygen atoms in total. The van der Waals surface area contributed by atoms with E-state index in [9.17, 15) is 4.79 Å². The van der Waals surface area contributed by atoms with Crippen LogP contribution >= 0.6 is 0 Å². The average molecular weight is 416 g/mol. The van der Waals surface area contributed by atoms with Gasteiger partial charge in [0.25, 0.3) is 11.8 Å². The lowest BCUT2D eigenvalue weighted by Gasteiger charge is -2.33. The number of rotatable bonds is 7. The van der Waals surface area contributed by atoms with Crippen LogP contribution in [0.2, 0.25) is 0 Å². The molecule has 0 bridgehead atoms. The Morgan fingerprint density at radius 2 is 1.67 bits per heavy atom. The molecule has 2 heterocycles. The first-order chi connectivity index (χ1) is 14.4. The summed E-state index contributed by atoms with van der Waals surface area (Å²) in [5, 5.41) is 0. The first-order valence-electron chi connectivity index (χ1n) is 10.9. The smallest absolute Gasteiger partial charge is 0.410 e. The first kappa shape index (κ1) is 22.1. The van der Waals surface area contributed by atoms with Gasteiger partial charge in [-0.25, -0.2) is 14.8 Å². The van der Waals surface area contributed by atoms with Crippen LogP contribution in [0.1, 0.15) is 53.4 Å². The highest BCUT2D eigenvalue weighted by Crippen LogP contribution is 2.27. The van der Waals surface area contributed by atoms with Gasteiger partial charge in [0.15, 0.2) is 0 Å². The van der Waals surface area contributed by atoms with Crippen molar-refractivity contribution in [3.05, 3.63) is 24.3 Å². The number of ether oxygens (including phenoxy) is 3. The number of aromatic nitrogens is 2. The number of piperidine rings is 1. The van der Waals surface area contributed by atoms with E-state index in [4.69, 9.17) is 14.2 Å². The maximum absolute atomic E-state index is 12.2. The number of hydrogen-bond acceptors (Lipinski definition) is 6. The van der Waals surface area contributed by atoms with Gasteiger partial charge in [0, 0.05) is 13.1 Å². The Kier molecular flexibility index (Phi) is 7.34. The highest BCUT2D eigenvalue weighted by Gasteiger charge is 2.26. The zero-order valence-electron chi connectivity index (χ0n) is 18.5. The summed E-state index contributed by atoms with van der Waals surface area (Å²) >= 11 is 0. The molecule has 0 aliphatic carbocycles. The van der Waals surface area contributed by atoms with E-state index in [1.54, 1.807) is 0 Å². The van der Waals surface area contributed by atoms with Gasteiger partial charge in [-0.3, -0.25) is 0 Å². The van der Waals surface area contributed by atoms with Crippen LogP contribution in [0.3, 0.4) is 0 Å². The van der Waals surface area contributed by atoms with Gasteiger partial charge in [0.1, 0.15) is 5.60 Å². The number of hydrogen-bond donors (Lipinski definition) is 0. The van der Waals surface area contributed by atoms with E-state index in [0.717, 1.165) is 49.8 Å². The van der Waals surface area contributed by atoms with Gasteiger partial charge < -0.3 is 19.1 Å². The molecule has 1 fully saturated rings. The Morgan fingerprint density at radius 1 is 1.07 bits per heavy atom. The second-order valence-corrected chi connectivity index (χ2v) is 8.66. The zero-order chi connectivity index (χ0) is 21.6. The fraction of sp³-hybridized carbons (Fsp3) is 0.609. The summed E-state index contributed by atoms with van der Waals surface area (Å²) in [6.45, 7) is 10.2. The Hall–Kier alpha value is -2.57. The number of nitrogens with zero attached hydrogens (tertiary/aromatic N) is 3. The maximum Gasteiger partial charge on any atom is 0.410 e. The lowest BCUT2D eigenvalue weighted by Crippen LogP contribution is -2.41. The van der Waals surface area contributed by atoms with Crippen molar-refractivity contribution >= 4 is 17.1 Å². The molecule has 1 aliphatic rings. The van der Waals surface area contributed by atoms with Crippen molar-refractivity contribution in [2.24, 2.45) is 5.92 Å². The van der Waals surface area contributed by atoms with Crippen molar-refractivity contribution in [3.63, 3.8) is 0 Å². The summed E-state index contributed by atoms with van der Waals surface area (Å²) in [6.07, 6.45) is 3.78. The molecule has 0 N–H and O–H groups in total. The van der Waals surface area contributed by atoms with Crippen molar-refractivity contribution in [2.75, 3.05) is 26.3 Å². The molecule has 7 heteroatoms. The third kappa shape index (κ3) is 6.21. The molecule has 0 unspecified atom stereocenters. The minimum absolute atomic E-state index is 0.206. The third-order valence-electron chi connectivity index (χ3n) is 5.05. The van der Waals surface area contributed by atoms with E-state index in [1.807, 2.05) is 56.9 Å². The van der Waals surface area contributed by atoms with Gasteiger partial charge in [0.2, 0.25) is 0 Å². The summed E-state index contributed by atoms with van der Waals surface area (Å²) in [5.41, 5.74) is 1.15. The van der Waals surface area contributed by atoms with Gasteiger partial charge in [-0.1, -0.05) is 12.1 Å². The molecule has 2 aromatic rings. The van der Waals surface area contributed by atoms with Gasteiger partial charge in [-0.05, 0) is 71.4 Å². The molecule has 0 spiro atoms. The van der Waals surface area contributed by atoms with E-state index < -0.39 is 5.60 Å². The number of carbonyl (C=O) groups excluding carboxylic acids is 1. The van der Waals surface area contributed by atoms with Crippen molar-refractivity contribution < 1.29 is 19.0 Å². The Balaban J connectivity index is 1.44. The molecule has 0 saturated carbocycles. The fourth-order valence-electron chi connectivity index (χ4n) is 3.56. The van der Waals surface area contributed by atoms with Gasteiger partial charge in [-0.15, -0.1) is 0 Å². The Morgan fingerprint density at radius 3 is 2.23 bits per heavy atom. The number of para-hydroxylation sites is 2. The van der Waals surface area contributed by atoms with Crippen LogP contribution in [-0.4, -0.2) is 52.9 Å². The van der Waals surface area contributed by atoms with Crippen LogP contribution in [0.15, 0.2) is 24.3 Å². The number of fused-ring (bicyclic) bond motifs is 1. The van der Waals surface area contributed by atoms with E-state index in [-0.39, 0.29) is 6.09 Å². The van der Waals surface area contributed by atoms with Crippen LogP contribution in [0.25, 0.3) is 11.0 Å². The van der Waals surface area contributed by atoms with Crippen molar-refractivity contribution in [1.29, 1.82) is 0 Å². The quantitative estimate of drug-likeness (QED) is 0.603. The van der Waals surface area contributed by atoms with Gasteiger partial charge in [0.05, 0.1) is 24.2 Å². The normalized spacial score (nSPS) is 15.3. The van der Waals surface area contributed by atoms with Crippen LogP contribution < -0.4 is 9.47 Å². The van der Waals surface area contributed by atoms with Crippen LogP contribution in [0.5, 0.6) is 11.8 Å². The summed E-state index contributed by atoms with van der Waals surface area (Å²) < 4.78 is 17.0. The SMILES string of the molecule is CCOc1nc2ccccc2nc1OCCCC1CCN(C(=O)OC(C)(C)C)CC1. The minimum Gasteiger partial charge on any atom is -0.474 e. The number of likely N-dealkylation sites (tertiary alicyclic amines) is 1. The number of benzene rings is 1. The number of amides is 1. The Bertz CT molecular complexity index is 842. The Labute approximate surface area is 178 Å². The molecule has 164 valence electrons. The predicted molar refractivity (Wildman–Crippen MR) is 116 cm³/mol. The van der Waals surface area contributed by atoms with E-state index >= 15 is 0 Å². The molecule has 1 aromatic heterocycles. The molecule has 1 saturated heterocycles. The molecule has 3 rings (SSSR count). The lowest BCUT2D eigenvalue weighted by atomic mass is 9.92. The van der Waals surface area contributed by atoms with Crippen LogP contribution in [0, 0.1) is 5.92 Å². The van der Waals surface area contributed by atoms with Crippen molar-refractivity contribution in [1.82, 2.24) is 14.9 Å². The average Bonchev–Trinajstić information content (AvgIpc) is 2.70. The largest absolute Gasteiger partial charge is 0.474 e. The molecular formula is C23H33N3O4. The highest BCUT2D eigenvalue weighted by atomic mass is 16.6. The molecule has 1 aliphatic heterocycles. The van der Waals surface area contributed by atoms with Gasteiger partial charge in [-0.2, -0.15) is 0 Å². The predicted octanol–water partition coefficient (Wildman–Crippen LogP) is 4.83. The van der Waals surface area contributed by atoms with E-state index in [2.05, 4.69) is 9.97 Å². The van der Waals surface area contributed by atoms with Crippen LogP contribution in [0.4, 0.5) is 4.79 Å². The summed E-state index contributed by atoms with van der Waals surface area (Å²) in [4.78, 5) is 23.1.